The van der Waals surface area contributed by atoms with Crippen LogP contribution in [0.1, 0.15) is 12.0 Å². The molecule has 112 valence electrons. The van der Waals surface area contributed by atoms with E-state index >= 15 is 0 Å². The van der Waals surface area contributed by atoms with E-state index in [4.69, 9.17) is 4.74 Å². The lowest BCUT2D eigenvalue weighted by Gasteiger charge is -2.46. The van der Waals surface area contributed by atoms with E-state index in [9.17, 15) is 9.59 Å². The van der Waals surface area contributed by atoms with E-state index in [0.717, 1.165) is 12.1 Å². The van der Waals surface area contributed by atoms with Gasteiger partial charge in [0, 0.05) is 31.6 Å². The fraction of sp³-hybridized carbons (Fsp3) is 0.500. The first kappa shape index (κ1) is 14.2. The number of hydrogen-bond donors (Lipinski definition) is 1. The minimum atomic E-state index is -0.664. The molecule has 3 rings (SSSR count). The van der Waals surface area contributed by atoms with E-state index in [1.165, 1.54) is 0 Å². The summed E-state index contributed by atoms with van der Waals surface area (Å²) in [4.78, 5) is 26.7. The second kappa shape index (κ2) is 5.95. The van der Waals surface area contributed by atoms with Crippen molar-refractivity contribution in [2.45, 2.75) is 25.1 Å². The first-order valence-corrected chi connectivity index (χ1v) is 7.32. The molecule has 0 radical (unpaired) electrons. The van der Waals surface area contributed by atoms with E-state index in [1.807, 2.05) is 37.4 Å². The van der Waals surface area contributed by atoms with E-state index < -0.39 is 11.9 Å². The molecule has 2 saturated heterocycles. The topological polar surface area (TPSA) is 58.6 Å². The highest BCUT2D eigenvalue weighted by molar-refractivity contribution is 6.00. The Bertz CT molecular complexity index is 532. The summed E-state index contributed by atoms with van der Waals surface area (Å²) in [5.41, 5.74) is 0.933. The number of Topliss-reactive ketones (excluding diaryl/α,β-unsaturated/α-hetero) is 1. The molecule has 21 heavy (non-hydrogen) atoms. The van der Waals surface area contributed by atoms with Crippen molar-refractivity contribution in [1.29, 1.82) is 0 Å². The number of esters is 1. The first-order chi connectivity index (χ1) is 10.2. The number of ketones is 1. The second-order valence-corrected chi connectivity index (χ2v) is 5.79. The van der Waals surface area contributed by atoms with E-state index in [0.29, 0.717) is 13.0 Å². The molecule has 0 aromatic heterocycles. The van der Waals surface area contributed by atoms with Crippen LogP contribution in [0.4, 0.5) is 0 Å². The van der Waals surface area contributed by atoms with Crippen molar-refractivity contribution in [3.05, 3.63) is 35.9 Å². The Morgan fingerprint density at radius 1 is 1.33 bits per heavy atom. The molecule has 5 heteroatoms. The highest BCUT2D eigenvalue weighted by atomic mass is 16.5. The quantitative estimate of drug-likeness (QED) is 0.652. The predicted octanol–water partition coefficient (Wildman–Crippen LogP) is 0.591. The highest BCUT2D eigenvalue weighted by Gasteiger charge is 2.46. The van der Waals surface area contributed by atoms with Gasteiger partial charge in [-0.2, -0.15) is 0 Å². The first-order valence-electron chi connectivity index (χ1n) is 7.32. The summed E-state index contributed by atoms with van der Waals surface area (Å²) in [6.45, 7) is 1.69. The van der Waals surface area contributed by atoms with Gasteiger partial charge in [0.2, 0.25) is 0 Å². The number of likely N-dealkylation sites (N-methyl/N-ethyl adjacent to an activating group) is 1. The van der Waals surface area contributed by atoms with Crippen LogP contribution < -0.4 is 5.32 Å². The molecule has 1 aromatic rings. The molecule has 5 nitrogen and oxygen atoms in total. The zero-order valence-electron chi connectivity index (χ0n) is 12.1. The molecule has 2 heterocycles. The fourth-order valence-electron chi connectivity index (χ4n) is 3.21. The average molecular weight is 288 g/mol. The van der Waals surface area contributed by atoms with Gasteiger partial charge in [-0.05, 0) is 12.6 Å². The van der Waals surface area contributed by atoms with Gasteiger partial charge in [-0.15, -0.1) is 0 Å². The molecule has 2 aliphatic heterocycles. The van der Waals surface area contributed by atoms with Gasteiger partial charge in [-0.25, -0.2) is 0 Å². The van der Waals surface area contributed by atoms with E-state index in [-0.39, 0.29) is 24.5 Å². The number of rotatable bonds is 3. The van der Waals surface area contributed by atoms with Crippen LogP contribution in [0.5, 0.6) is 0 Å². The second-order valence-electron chi connectivity index (χ2n) is 5.79. The van der Waals surface area contributed by atoms with Crippen LogP contribution in [0.25, 0.3) is 0 Å². The summed E-state index contributed by atoms with van der Waals surface area (Å²) in [5, 5.41) is 3.29. The lowest BCUT2D eigenvalue weighted by Crippen LogP contribution is -2.65. The summed E-state index contributed by atoms with van der Waals surface area (Å²) in [6, 6.07) is 9.64. The normalized spacial score (nSPS) is 29.2. The SMILES string of the molecule is CN1C2CNCC1C(C(=O)OCc1ccccc1)C(=O)C2. The molecule has 1 N–H and O–H groups in total. The number of piperazine rings is 1. The number of piperidine rings is 1. The van der Waals surface area contributed by atoms with Gasteiger partial charge >= 0.3 is 5.97 Å². The molecule has 0 spiro atoms. The highest BCUT2D eigenvalue weighted by Crippen LogP contribution is 2.27. The van der Waals surface area contributed by atoms with Crippen LogP contribution in [0.3, 0.4) is 0 Å². The lowest BCUT2D eigenvalue weighted by atomic mass is 9.82. The van der Waals surface area contributed by atoms with Gasteiger partial charge in [0.05, 0.1) is 0 Å². The molecule has 2 fully saturated rings. The van der Waals surface area contributed by atoms with Crippen molar-refractivity contribution in [2.24, 2.45) is 5.92 Å². The molecule has 0 amide bonds. The van der Waals surface area contributed by atoms with E-state index in [1.54, 1.807) is 0 Å². The largest absolute Gasteiger partial charge is 0.460 e. The molecule has 2 bridgehead atoms. The monoisotopic (exact) mass is 288 g/mol. The van der Waals surface area contributed by atoms with Crippen molar-refractivity contribution >= 4 is 11.8 Å². The lowest BCUT2D eigenvalue weighted by molar-refractivity contribution is -0.160. The molecule has 3 atom stereocenters. The molecular weight excluding hydrogens is 268 g/mol. The Kier molecular flexibility index (Phi) is 4.03. The fourth-order valence-corrected chi connectivity index (χ4v) is 3.21. The predicted molar refractivity (Wildman–Crippen MR) is 77.6 cm³/mol. The summed E-state index contributed by atoms with van der Waals surface area (Å²) in [7, 11) is 1.99. The Morgan fingerprint density at radius 3 is 2.86 bits per heavy atom. The maximum absolute atomic E-state index is 12.3. The van der Waals surface area contributed by atoms with Crippen LogP contribution >= 0.6 is 0 Å². The number of nitrogens with one attached hydrogen (secondary N) is 1. The van der Waals surface area contributed by atoms with Crippen molar-refractivity contribution < 1.29 is 14.3 Å². The molecule has 1 aromatic carbocycles. The van der Waals surface area contributed by atoms with Crippen LogP contribution in [0, 0.1) is 5.92 Å². The number of nitrogens with zero attached hydrogens (tertiary/aromatic N) is 1. The molecule has 0 saturated carbocycles. The Hall–Kier alpha value is -1.72. The van der Waals surface area contributed by atoms with Gasteiger partial charge < -0.3 is 10.1 Å². The Balaban J connectivity index is 1.67. The van der Waals surface area contributed by atoms with Crippen molar-refractivity contribution in [3.63, 3.8) is 0 Å². The third-order valence-electron chi connectivity index (χ3n) is 4.48. The number of hydrogen-bond acceptors (Lipinski definition) is 5. The van der Waals surface area contributed by atoms with Crippen molar-refractivity contribution in [1.82, 2.24) is 10.2 Å². The summed E-state index contributed by atoms with van der Waals surface area (Å²) < 4.78 is 5.36. The Morgan fingerprint density at radius 2 is 2.10 bits per heavy atom. The zero-order valence-corrected chi connectivity index (χ0v) is 12.1. The van der Waals surface area contributed by atoms with E-state index in [2.05, 4.69) is 10.2 Å². The molecule has 0 aliphatic carbocycles. The number of carbonyl (C=O) groups is 2. The van der Waals surface area contributed by atoms with Gasteiger partial charge in [0.15, 0.2) is 0 Å². The van der Waals surface area contributed by atoms with Gasteiger partial charge in [-0.3, -0.25) is 14.5 Å². The third-order valence-corrected chi connectivity index (χ3v) is 4.48. The number of carbonyl (C=O) groups excluding carboxylic acids is 2. The molecule has 3 unspecified atom stereocenters. The average Bonchev–Trinajstić information content (AvgIpc) is 2.48. The van der Waals surface area contributed by atoms with Gasteiger partial charge in [0.25, 0.3) is 0 Å². The number of ether oxygens (including phenoxy) is 1. The van der Waals surface area contributed by atoms with Crippen LogP contribution in [0.15, 0.2) is 30.3 Å². The van der Waals surface area contributed by atoms with Crippen molar-refractivity contribution in [3.8, 4) is 0 Å². The number of fused-ring (bicyclic) bond motifs is 2. The summed E-state index contributed by atoms with van der Waals surface area (Å²) >= 11 is 0. The molecular formula is C16H20N2O3. The maximum atomic E-state index is 12.3. The van der Waals surface area contributed by atoms with Crippen LogP contribution in [-0.4, -0.2) is 48.9 Å². The van der Waals surface area contributed by atoms with Crippen LogP contribution in [0.2, 0.25) is 0 Å². The van der Waals surface area contributed by atoms with Gasteiger partial charge in [-0.1, -0.05) is 30.3 Å². The minimum absolute atomic E-state index is 0.0164. The summed E-state index contributed by atoms with van der Waals surface area (Å²) in [6.07, 6.45) is 0.422. The smallest absolute Gasteiger partial charge is 0.318 e. The summed E-state index contributed by atoms with van der Waals surface area (Å²) in [5.74, 6) is -1.05. The minimum Gasteiger partial charge on any atom is -0.460 e. The zero-order chi connectivity index (χ0) is 14.8. The molecule has 2 aliphatic rings. The van der Waals surface area contributed by atoms with Gasteiger partial charge in [0.1, 0.15) is 18.3 Å². The maximum Gasteiger partial charge on any atom is 0.318 e. The Labute approximate surface area is 124 Å². The van der Waals surface area contributed by atoms with Crippen LogP contribution in [-0.2, 0) is 20.9 Å². The third kappa shape index (κ3) is 2.84. The standard InChI is InChI=1S/C16H20N2O3/c1-18-12-7-14(19)15(13(18)9-17-8-12)16(20)21-10-11-5-3-2-4-6-11/h2-6,12-13,15,17H,7-10H2,1H3. The number of benzene rings is 1. The van der Waals surface area contributed by atoms with Crippen molar-refractivity contribution in [2.75, 3.05) is 20.1 Å².